The summed E-state index contributed by atoms with van der Waals surface area (Å²) in [7, 11) is 0. The molecule has 6 rings (SSSR count). The van der Waals surface area contributed by atoms with E-state index in [4.69, 9.17) is 4.42 Å². The van der Waals surface area contributed by atoms with Crippen LogP contribution in [0.15, 0.2) is 56.9 Å². The number of hydrogen-bond acceptors (Lipinski definition) is 3. The summed E-state index contributed by atoms with van der Waals surface area (Å²) in [5.74, 6) is 8.15. The standard InChI is InChI=1S/C28H23BF2N2O2S/c1-17-10-19(3)32-25(17)15-26-18(2)11-24(33(26)29(32,30)31)8-7-21-12-22-13-23-16-36-9-5-4-6-20(23)14-27(22)35-28(21)34/h7-8,10-15H,5,9,16H2,1-3H3. The van der Waals surface area contributed by atoms with E-state index in [1.165, 1.54) is 0 Å². The number of fused-ring (bicyclic) bond motifs is 4. The second-order valence-electron chi connectivity index (χ2n) is 9.44. The predicted octanol–water partition coefficient (Wildman–Crippen LogP) is 5.90. The Morgan fingerprint density at radius 3 is 2.81 bits per heavy atom. The van der Waals surface area contributed by atoms with E-state index < -0.39 is 12.6 Å². The van der Waals surface area contributed by atoms with Gasteiger partial charge in [0.25, 0.3) is 0 Å². The van der Waals surface area contributed by atoms with Crippen LogP contribution in [0.5, 0.6) is 0 Å². The van der Waals surface area contributed by atoms with Gasteiger partial charge in [0.2, 0.25) is 0 Å². The molecule has 36 heavy (non-hydrogen) atoms. The minimum absolute atomic E-state index is 0.310. The molecule has 0 atom stereocenters. The molecule has 0 saturated heterocycles. The SMILES string of the molecule is CC1=CC(C=Cc2cc3cc4c(cc3oc2=O)C#CCCSC4)=[N+]2C1=Cc1c(C)cc(C)n1[B-]2(F)F. The van der Waals surface area contributed by atoms with Gasteiger partial charge in [0.05, 0.1) is 5.56 Å². The van der Waals surface area contributed by atoms with Gasteiger partial charge in [0.15, 0.2) is 11.4 Å². The molecule has 0 spiro atoms. The fraction of sp³-hybridized carbons (Fsp3) is 0.214. The minimum Gasteiger partial charge on any atom is -0.422 e. The molecule has 3 aliphatic heterocycles. The Labute approximate surface area is 211 Å². The normalized spacial score (nSPS) is 18.1. The summed E-state index contributed by atoms with van der Waals surface area (Å²) in [4.78, 5) is 12.8. The van der Waals surface area contributed by atoms with Crippen molar-refractivity contribution in [1.29, 1.82) is 0 Å². The van der Waals surface area contributed by atoms with Gasteiger partial charge in [-0.15, -0.1) is 0 Å². The lowest BCUT2D eigenvalue weighted by molar-refractivity contribution is -0.361. The van der Waals surface area contributed by atoms with Crippen molar-refractivity contribution in [2.45, 2.75) is 32.9 Å². The smallest absolute Gasteiger partial charge is 0.422 e. The molecule has 1 aromatic carbocycles. The first-order chi connectivity index (χ1) is 17.2. The number of aromatic nitrogens is 1. The minimum atomic E-state index is -4.09. The third-order valence-electron chi connectivity index (χ3n) is 6.94. The molecule has 0 unspecified atom stereocenters. The number of aryl methyl sites for hydroxylation is 2. The zero-order valence-electron chi connectivity index (χ0n) is 20.2. The van der Waals surface area contributed by atoms with Crippen molar-refractivity contribution in [3.63, 3.8) is 0 Å². The lowest BCUT2D eigenvalue weighted by Crippen LogP contribution is -2.50. The zero-order valence-corrected chi connectivity index (χ0v) is 21.0. The van der Waals surface area contributed by atoms with E-state index in [0.717, 1.165) is 54.5 Å². The highest BCUT2D eigenvalue weighted by Gasteiger charge is 2.53. The fourth-order valence-electron chi connectivity index (χ4n) is 5.25. The molecule has 0 N–H and O–H groups in total. The van der Waals surface area contributed by atoms with Crippen molar-refractivity contribution in [2.75, 3.05) is 5.75 Å². The van der Waals surface area contributed by atoms with Crippen LogP contribution in [0.3, 0.4) is 0 Å². The molecule has 0 amide bonds. The molecule has 4 nitrogen and oxygen atoms in total. The molecule has 180 valence electrons. The third-order valence-corrected chi connectivity index (χ3v) is 7.95. The van der Waals surface area contributed by atoms with Crippen LogP contribution >= 0.6 is 11.8 Å². The van der Waals surface area contributed by atoms with Gasteiger partial charge < -0.3 is 22.0 Å². The van der Waals surface area contributed by atoms with Gasteiger partial charge >= 0.3 is 12.6 Å². The molecule has 3 aromatic rings. The average molecular weight is 500 g/mol. The van der Waals surface area contributed by atoms with Crippen molar-refractivity contribution in [2.24, 2.45) is 0 Å². The second-order valence-corrected chi connectivity index (χ2v) is 10.5. The van der Waals surface area contributed by atoms with Gasteiger partial charge in [-0.05, 0) is 67.9 Å². The summed E-state index contributed by atoms with van der Waals surface area (Å²) in [6.07, 6.45) is 7.52. The van der Waals surface area contributed by atoms with Gasteiger partial charge in [-0.3, -0.25) is 0 Å². The average Bonchev–Trinajstić information content (AvgIpc) is 3.29. The van der Waals surface area contributed by atoms with Crippen molar-refractivity contribution < 1.29 is 17.5 Å². The van der Waals surface area contributed by atoms with E-state index >= 15 is 8.63 Å². The molecule has 2 aromatic heterocycles. The predicted molar refractivity (Wildman–Crippen MR) is 143 cm³/mol. The van der Waals surface area contributed by atoms with Crippen LogP contribution in [-0.2, 0) is 5.75 Å². The van der Waals surface area contributed by atoms with Crippen LogP contribution in [0.4, 0.5) is 8.63 Å². The Balaban J connectivity index is 1.44. The highest BCUT2D eigenvalue weighted by atomic mass is 32.2. The number of thioether (sulfide) groups is 1. The van der Waals surface area contributed by atoms with Crippen molar-refractivity contribution in [3.05, 3.63) is 91.7 Å². The lowest BCUT2D eigenvalue weighted by atomic mass is 9.89. The molecule has 5 heterocycles. The largest absolute Gasteiger partial charge is 0.737 e. The molecule has 0 aliphatic carbocycles. The van der Waals surface area contributed by atoms with Crippen LogP contribution in [0.25, 0.3) is 23.1 Å². The van der Waals surface area contributed by atoms with Gasteiger partial charge in [-0.2, -0.15) is 11.8 Å². The van der Waals surface area contributed by atoms with Gasteiger partial charge in [0.1, 0.15) is 5.58 Å². The topological polar surface area (TPSA) is 38.1 Å². The molecule has 3 aliphatic rings. The van der Waals surface area contributed by atoms with E-state index in [1.54, 1.807) is 37.3 Å². The Hall–Kier alpha value is -3.57. The first-order valence-electron chi connectivity index (χ1n) is 11.9. The molecular formula is C28H23BF2N2O2S. The van der Waals surface area contributed by atoms with Crippen molar-refractivity contribution in [1.82, 2.24) is 4.48 Å². The van der Waals surface area contributed by atoms with Gasteiger partial charge in [-0.25, -0.2) is 4.79 Å². The molecule has 8 heteroatoms. The Kier molecular flexibility index (Phi) is 5.24. The molecular weight excluding hydrogens is 477 g/mol. The Morgan fingerprint density at radius 1 is 1.14 bits per heavy atom. The fourth-order valence-corrected chi connectivity index (χ4v) is 6.10. The van der Waals surface area contributed by atoms with Crippen LogP contribution in [0.2, 0.25) is 0 Å². The van der Waals surface area contributed by atoms with E-state index in [-0.39, 0.29) is 0 Å². The van der Waals surface area contributed by atoms with Gasteiger partial charge in [-0.1, -0.05) is 11.8 Å². The van der Waals surface area contributed by atoms with E-state index in [1.807, 2.05) is 43.8 Å². The summed E-state index contributed by atoms with van der Waals surface area (Å²) in [5.41, 5.74) is 5.70. The second kappa shape index (κ2) is 8.24. The van der Waals surface area contributed by atoms with E-state index in [9.17, 15) is 4.79 Å². The summed E-state index contributed by atoms with van der Waals surface area (Å²) >= 11 is 1.82. The van der Waals surface area contributed by atoms with E-state index in [0.29, 0.717) is 33.9 Å². The number of halogens is 2. The summed E-state index contributed by atoms with van der Waals surface area (Å²) < 4.78 is 39.4. The van der Waals surface area contributed by atoms with Gasteiger partial charge in [0, 0.05) is 58.4 Å². The first kappa shape index (κ1) is 22.9. The quantitative estimate of drug-likeness (QED) is 0.250. The van der Waals surface area contributed by atoms with Crippen molar-refractivity contribution in [3.8, 4) is 11.8 Å². The lowest BCUT2D eigenvalue weighted by Gasteiger charge is -2.30. The summed E-state index contributed by atoms with van der Waals surface area (Å²) in [6.45, 7) is 1.29. The monoisotopic (exact) mass is 500 g/mol. The molecule has 0 bridgehead atoms. The maximum atomic E-state index is 15.8. The first-order valence-corrected chi connectivity index (χ1v) is 13.0. The summed E-state index contributed by atoms with van der Waals surface area (Å²) in [6, 6.07) is 7.37. The number of hydrogen-bond donors (Lipinski definition) is 0. The number of nitrogens with zero attached hydrogens (tertiary/aromatic N) is 2. The maximum Gasteiger partial charge on any atom is 0.737 e. The summed E-state index contributed by atoms with van der Waals surface area (Å²) in [5, 5.41) is 0.787. The molecule has 0 saturated carbocycles. The van der Waals surface area contributed by atoms with Crippen LogP contribution in [0, 0.1) is 25.7 Å². The third kappa shape index (κ3) is 3.53. The highest BCUT2D eigenvalue weighted by molar-refractivity contribution is 7.98. The number of rotatable bonds is 2. The zero-order chi connectivity index (χ0) is 25.2. The highest BCUT2D eigenvalue weighted by Crippen LogP contribution is 2.37. The van der Waals surface area contributed by atoms with E-state index in [2.05, 4.69) is 11.8 Å². The maximum absolute atomic E-state index is 15.8. The Morgan fingerprint density at radius 2 is 1.97 bits per heavy atom. The van der Waals surface area contributed by atoms with Crippen LogP contribution in [0.1, 0.15) is 47.0 Å². The van der Waals surface area contributed by atoms with Crippen LogP contribution in [-0.4, -0.2) is 27.4 Å². The Bertz CT molecular complexity index is 1730. The number of allylic oxidation sites excluding steroid dienone is 3. The molecule has 0 fully saturated rings. The number of benzene rings is 1. The van der Waals surface area contributed by atoms with Crippen LogP contribution < -0.4 is 5.63 Å². The molecule has 0 radical (unpaired) electrons. The van der Waals surface area contributed by atoms with Crippen molar-refractivity contribution >= 4 is 47.6 Å².